The average molecular weight is 404 g/mol. The van der Waals surface area contributed by atoms with Crippen LogP contribution in [0.1, 0.15) is 30.1 Å². The summed E-state index contributed by atoms with van der Waals surface area (Å²) < 4.78 is 8.22. The van der Waals surface area contributed by atoms with Crippen molar-refractivity contribution in [2.24, 2.45) is 0 Å². The number of para-hydroxylation sites is 1. The summed E-state index contributed by atoms with van der Waals surface area (Å²) in [7, 11) is 1.96. The second kappa shape index (κ2) is 8.48. The molecule has 0 aliphatic carbocycles. The van der Waals surface area contributed by atoms with E-state index in [1.807, 2.05) is 25.2 Å². The largest absolute Gasteiger partial charge is 0.491 e. The molecule has 0 atom stereocenters. The van der Waals surface area contributed by atoms with Gasteiger partial charge in [0.15, 0.2) is 5.82 Å². The number of nitrogens with zero attached hydrogens (tertiary/aromatic N) is 4. The van der Waals surface area contributed by atoms with Crippen LogP contribution in [-0.4, -0.2) is 53.0 Å². The Labute approximate surface area is 177 Å². The lowest BCUT2D eigenvalue weighted by Gasteiger charge is -2.31. The number of hydrogen-bond donors (Lipinski definition) is 1. The van der Waals surface area contributed by atoms with Crippen LogP contribution in [0.4, 0.5) is 5.69 Å². The number of ether oxygens (including phenoxy) is 1. The Bertz CT molecular complexity index is 989. The Kier molecular flexibility index (Phi) is 5.41. The molecule has 1 aromatic heterocycles. The minimum absolute atomic E-state index is 0.475. The van der Waals surface area contributed by atoms with Gasteiger partial charge >= 0.3 is 0 Å². The molecule has 2 aliphatic heterocycles. The van der Waals surface area contributed by atoms with Gasteiger partial charge in [-0.05, 0) is 62.2 Å². The van der Waals surface area contributed by atoms with Crippen LogP contribution >= 0.6 is 0 Å². The zero-order valence-corrected chi connectivity index (χ0v) is 17.6. The predicted molar refractivity (Wildman–Crippen MR) is 119 cm³/mol. The number of likely N-dealkylation sites (tertiary alicyclic amines) is 1. The topological polar surface area (TPSA) is 55.2 Å². The van der Waals surface area contributed by atoms with E-state index in [2.05, 4.69) is 55.3 Å². The van der Waals surface area contributed by atoms with Gasteiger partial charge in [-0.25, -0.2) is 0 Å². The van der Waals surface area contributed by atoms with Crippen LogP contribution in [0.5, 0.6) is 5.75 Å². The van der Waals surface area contributed by atoms with E-state index in [1.165, 1.54) is 11.3 Å². The lowest BCUT2D eigenvalue weighted by molar-refractivity contribution is 0.208. The van der Waals surface area contributed by atoms with Crippen molar-refractivity contribution in [1.82, 2.24) is 19.7 Å². The zero-order chi connectivity index (χ0) is 20.3. The molecule has 0 amide bonds. The average Bonchev–Trinajstić information content (AvgIpc) is 3.13. The standard InChI is InChI=1S/C24H29N5O/c1-25-20-8-6-18(7-9-20)10-13-28-14-11-19(12-15-28)23-26-27-24-21-4-2-3-5-22(21)30-17-16-29(23)24/h2-9,19,25H,10-17H2,1H3. The zero-order valence-electron chi connectivity index (χ0n) is 17.6. The summed E-state index contributed by atoms with van der Waals surface area (Å²) in [5.41, 5.74) is 3.62. The minimum atomic E-state index is 0.475. The van der Waals surface area contributed by atoms with Gasteiger partial charge in [0.2, 0.25) is 0 Å². The number of fused-ring (bicyclic) bond motifs is 3. The number of rotatable bonds is 5. The van der Waals surface area contributed by atoms with Crippen LogP contribution < -0.4 is 10.1 Å². The van der Waals surface area contributed by atoms with Crippen LogP contribution in [0.15, 0.2) is 48.5 Å². The number of aromatic nitrogens is 3. The lowest BCUT2D eigenvalue weighted by atomic mass is 9.95. The van der Waals surface area contributed by atoms with Crippen LogP contribution in [0.3, 0.4) is 0 Å². The summed E-state index contributed by atoms with van der Waals surface area (Å²) in [6.45, 7) is 4.84. The van der Waals surface area contributed by atoms with Crippen molar-refractivity contribution >= 4 is 5.69 Å². The first-order valence-electron chi connectivity index (χ1n) is 11.0. The molecule has 0 unspecified atom stereocenters. The molecular formula is C24H29N5O. The van der Waals surface area contributed by atoms with Gasteiger partial charge in [-0.1, -0.05) is 24.3 Å². The highest BCUT2D eigenvalue weighted by atomic mass is 16.5. The Morgan fingerprint density at radius 3 is 2.60 bits per heavy atom. The molecule has 0 radical (unpaired) electrons. The molecule has 1 N–H and O–H groups in total. The molecular weight excluding hydrogens is 374 g/mol. The van der Waals surface area contributed by atoms with Crippen molar-refractivity contribution in [3.8, 4) is 17.1 Å². The molecule has 0 spiro atoms. The van der Waals surface area contributed by atoms with E-state index in [-0.39, 0.29) is 0 Å². The van der Waals surface area contributed by atoms with E-state index in [9.17, 15) is 0 Å². The van der Waals surface area contributed by atoms with E-state index in [0.29, 0.717) is 12.5 Å². The Balaban J connectivity index is 1.22. The van der Waals surface area contributed by atoms with Crippen LogP contribution in [-0.2, 0) is 13.0 Å². The molecule has 2 aliphatic rings. The second-order valence-corrected chi connectivity index (χ2v) is 8.19. The molecule has 0 saturated carbocycles. The maximum atomic E-state index is 5.94. The van der Waals surface area contributed by atoms with Gasteiger partial charge in [0, 0.05) is 25.2 Å². The summed E-state index contributed by atoms with van der Waals surface area (Å²) in [5.74, 6) is 3.47. The van der Waals surface area contributed by atoms with Gasteiger partial charge in [0.25, 0.3) is 0 Å². The molecule has 5 rings (SSSR count). The van der Waals surface area contributed by atoms with Gasteiger partial charge in [0.05, 0.1) is 12.1 Å². The number of nitrogens with one attached hydrogen (secondary N) is 1. The van der Waals surface area contributed by atoms with Crippen LogP contribution in [0.25, 0.3) is 11.4 Å². The Morgan fingerprint density at radius 2 is 1.80 bits per heavy atom. The van der Waals surface area contributed by atoms with E-state index in [0.717, 1.165) is 68.4 Å². The fourth-order valence-electron chi connectivity index (χ4n) is 4.60. The third-order valence-corrected chi connectivity index (χ3v) is 6.39. The molecule has 30 heavy (non-hydrogen) atoms. The highest BCUT2D eigenvalue weighted by Crippen LogP contribution is 2.34. The number of hydrogen-bond acceptors (Lipinski definition) is 5. The van der Waals surface area contributed by atoms with Gasteiger partial charge in [-0.2, -0.15) is 0 Å². The molecule has 3 heterocycles. The smallest absolute Gasteiger partial charge is 0.167 e. The number of piperidine rings is 1. The summed E-state index contributed by atoms with van der Waals surface area (Å²) in [5, 5.41) is 12.4. The number of benzene rings is 2. The van der Waals surface area contributed by atoms with E-state index in [4.69, 9.17) is 4.74 Å². The van der Waals surface area contributed by atoms with Gasteiger partial charge < -0.3 is 19.5 Å². The molecule has 156 valence electrons. The highest BCUT2D eigenvalue weighted by Gasteiger charge is 2.28. The Hall–Kier alpha value is -2.86. The van der Waals surface area contributed by atoms with Crippen molar-refractivity contribution in [3.63, 3.8) is 0 Å². The fraction of sp³-hybridized carbons (Fsp3) is 0.417. The molecule has 6 nitrogen and oxygen atoms in total. The quantitative estimate of drug-likeness (QED) is 0.702. The van der Waals surface area contributed by atoms with Crippen LogP contribution in [0.2, 0.25) is 0 Å². The molecule has 1 saturated heterocycles. The maximum Gasteiger partial charge on any atom is 0.167 e. The van der Waals surface area contributed by atoms with Crippen molar-refractivity contribution in [2.75, 3.05) is 38.6 Å². The minimum Gasteiger partial charge on any atom is -0.491 e. The van der Waals surface area contributed by atoms with E-state index < -0.39 is 0 Å². The van der Waals surface area contributed by atoms with Gasteiger partial charge in [-0.3, -0.25) is 0 Å². The first kappa shape index (κ1) is 19.1. The van der Waals surface area contributed by atoms with Crippen LogP contribution in [0, 0.1) is 0 Å². The molecule has 2 aromatic carbocycles. The molecule has 3 aromatic rings. The lowest BCUT2D eigenvalue weighted by Crippen LogP contribution is -2.35. The van der Waals surface area contributed by atoms with E-state index >= 15 is 0 Å². The van der Waals surface area contributed by atoms with Gasteiger partial charge in [-0.15, -0.1) is 10.2 Å². The monoisotopic (exact) mass is 403 g/mol. The third kappa shape index (κ3) is 3.79. The summed E-state index contributed by atoms with van der Waals surface area (Å²) in [6, 6.07) is 16.9. The summed E-state index contributed by atoms with van der Waals surface area (Å²) in [4.78, 5) is 2.58. The van der Waals surface area contributed by atoms with Crippen molar-refractivity contribution in [1.29, 1.82) is 0 Å². The highest BCUT2D eigenvalue weighted by molar-refractivity contribution is 5.64. The van der Waals surface area contributed by atoms with Crippen molar-refractivity contribution in [2.45, 2.75) is 31.7 Å². The first-order chi connectivity index (χ1) is 14.8. The SMILES string of the molecule is CNc1ccc(CCN2CCC(c3nnc4n3CCOc3ccccc3-4)CC2)cc1. The van der Waals surface area contributed by atoms with Gasteiger partial charge in [0.1, 0.15) is 18.2 Å². The molecule has 6 heteroatoms. The fourth-order valence-corrected chi connectivity index (χ4v) is 4.60. The molecule has 1 fully saturated rings. The summed E-state index contributed by atoms with van der Waals surface area (Å²) in [6.07, 6.45) is 3.38. The Morgan fingerprint density at radius 1 is 1.00 bits per heavy atom. The second-order valence-electron chi connectivity index (χ2n) is 8.19. The third-order valence-electron chi connectivity index (χ3n) is 6.39. The van der Waals surface area contributed by atoms with Crippen molar-refractivity contribution in [3.05, 3.63) is 59.9 Å². The summed E-state index contributed by atoms with van der Waals surface area (Å²) >= 11 is 0. The maximum absolute atomic E-state index is 5.94. The molecule has 0 bridgehead atoms. The predicted octanol–water partition coefficient (Wildman–Crippen LogP) is 3.80. The van der Waals surface area contributed by atoms with Crippen molar-refractivity contribution < 1.29 is 4.74 Å². The van der Waals surface area contributed by atoms with E-state index in [1.54, 1.807) is 0 Å². The number of anilines is 1. The normalized spacial score (nSPS) is 17.0. The first-order valence-corrected chi connectivity index (χ1v) is 11.0.